The zero-order valence-corrected chi connectivity index (χ0v) is 28.2. The van der Waals surface area contributed by atoms with Crippen molar-refractivity contribution < 1.29 is 34.0 Å². The second-order valence-electron chi connectivity index (χ2n) is 13.0. The van der Waals surface area contributed by atoms with Gasteiger partial charge in [0.05, 0.1) is 32.0 Å². The van der Waals surface area contributed by atoms with E-state index in [0.29, 0.717) is 19.4 Å². The highest BCUT2D eigenvalue weighted by molar-refractivity contribution is 5.83. The predicted molar refractivity (Wildman–Crippen MR) is 189 cm³/mol. The first-order valence-corrected chi connectivity index (χ1v) is 17.1. The number of β-amino-alcohol motifs (C(OH)–C–C–N with tert-alkyl or cyclic N) is 1. The first kappa shape index (κ1) is 35.3. The predicted octanol–water partition coefficient (Wildman–Crippen LogP) is 5.04. The van der Waals surface area contributed by atoms with Crippen molar-refractivity contribution in [1.29, 1.82) is 0 Å². The molecule has 0 aliphatic carbocycles. The van der Waals surface area contributed by atoms with Crippen molar-refractivity contribution in [3.63, 3.8) is 0 Å². The van der Waals surface area contributed by atoms with E-state index in [0.717, 1.165) is 58.5 Å². The Morgan fingerprint density at radius 2 is 1.62 bits per heavy atom. The van der Waals surface area contributed by atoms with Gasteiger partial charge in [-0.15, -0.1) is 0 Å². The van der Waals surface area contributed by atoms with Gasteiger partial charge in [-0.25, -0.2) is 9.59 Å². The highest BCUT2D eigenvalue weighted by Gasteiger charge is 2.34. The number of urea groups is 1. The summed E-state index contributed by atoms with van der Waals surface area (Å²) in [6, 6.07) is 32.1. The molecule has 2 aliphatic heterocycles. The molecular formula is C40H45N3O7. The minimum absolute atomic E-state index is 0.00872. The van der Waals surface area contributed by atoms with Gasteiger partial charge in [0.15, 0.2) is 6.29 Å². The Morgan fingerprint density at radius 1 is 0.880 bits per heavy atom. The lowest BCUT2D eigenvalue weighted by Crippen LogP contribution is -2.47. The molecule has 10 nitrogen and oxygen atoms in total. The monoisotopic (exact) mass is 679 g/mol. The highest BCUT2D eigenvalue weighted by Crippen LogP contribution is 2.39. The number of esters is 1. The van der Waals surface area contributed by atoms with E-state index in [9.17, 15) is 19.8 Å². The summed E-state index contributed by atoms with van der Waals surface area (Å²) in [5.74, 6) is -0.507. The van der Waals surface area contributed by atoms with Crippen LogP contribution in [-0.4, -0.2) is 72.1 Å². The van der Waals surface area contributed by atoms with E-state index in [1.807, 2.05) is 103 Å². The first-order chi connectivity index (χ1) is 24.4. The van der Waals surface area contributed by atoms with Crippen molar-refractivity contribution in [1.82, 2.24) is 15.5 Å². The molecule has 2 aliphatic rings. The van der Waals surface area contributed by atoms with Gasteiger partial charge >= 0.3 is 12.0 Å². The highest BCUT2D eigenvalue weighted by atomic mass is 16.7. The van der Waals surface area contributed by atoms with Crippen molar-refractivity contribution in [3.8, 4) is 11.1 Å². The Balaban J connectivity index is 1.10. The lowest BCUT2D eigenvalue weighted by atomic mass is 9.99. The topological polar surface area (TPSA) is 130 Å². The summed E-state index contributed by atoms with van der Waals surface area (Å²) in [4.78, 5) is 27.4. The maximum Gasteiger partial charge on any atom is 0.328 e. The van der Waals surface area contributed by atoms with Crippen LogP contribution in [0.25, 0.3) is 11.1 Å². The van der Waals surface area contributed by atoms with E-state index in [1.165, 1.54) is 7.11 Å². The van der Waals surface area contributed by atoms with Crippen LogP contribution in [0, 0.1) is 0 Å². The van der Waals surface area contributed by atoms with Gasteiger partial charge in [0.1, 0.15) is 6.04 Å². The number of carbonyl (C=O) groups excluding carboxylic acids is 2. The first-order valence-electron chi connectivity index (χ1n) is 17.1. The van der Waals surface area contributed by atoms with Crippen molar-refractivity contribution >= 4 is 12.0 Å². The molecule has 0 radical (unpaired) electrons. The third kappa shape index (κ3) is 9.35. The fourth-order valence-electron chi connectivity index (χ4n) is 6.57. The normalized spacial score (nSPS) is 21.3. The summed E-state index contributed by atoms with van der Waals surface area (Å²) in [6.07, 6.45) is 0.665. The summed E-state index contributed by atoms with van der Waals surface area (Å²) in [5.41, 5.74) is 6.61. The Kier molecular flexibility index (Phi) is 11.9. The molecule has 4 N–H and O–H groups in total. The minimum atomic E-state index is -0.810. The van der Waals surface area contributed by atoms with Gasteiger partial charge in [-0.3, -0.25) is 4.90 Å². The van der Waals surface area contributed by atoms with Gasteiger partial charge < -0.3 is 35.1 Å². The van der Waals surface area contributed by atoms with Gasteiger partial charge in [-0.05, 0) is 45.9 Å². The number of aliphatic hydroxyl groups excluding tert-OH is 2. The SMILES string of the molecule is COC(=O)[C@H](Cc1ccccc1)NC(=O)NCc1cccc(-c2ccc([C@@H]3O[C@H](CN4CC[C@H](O)C4)C[C@H](c4ccc(CO)cc4)O3)cc2)c1. The molecule has 6 rings (SSSR count). The van der Waals surface area contributed by atoms with Crippen LogP contribution >= 0.6 is 0 Å². The van der Waals surface area contributed by atoms with Crippen molar-refractivity contribution in [2.45, 2.75) is 63.1 Å². The molecule has 4 aromatic rings. The van der Waals surface area contributed by atoms with Crippen molar-refractivity contribution in [2.24, 2.45) is 0 Å². The minimum Gasteiger partial charge on any atom is -0.467 e. The molecule has 5 atom stereocenters. The maximum absolute atomic E-state index is 12.8. The van der Waals surface area contributed by atoms with E-state index in [2.05, 4.69) is 15.5 Å². The molecule has 2 saturated heterocycles. The number of aliphatic hydroxyl groups is 2. The van der Waals surface area contributed by atoms with E-state index in [-0.39, 0.29) is 31.5 Å². The van der Waals surface area contributed by atoms with E-state index in [4.69, 9.17) is 14.2 Å². The zero-order valence-electron chi connectivity index (χ0n) is 28.2. The van der Waals surface area contributed by atoms with Crippen molar-refractivity contribution in [3.05, 3.63) is 131 Å². The standard InChI is InChI=1S/C40H45N3O7/c1-48-38(46)36(21-27-6-3-2-4-7-27)42-40(47)41-23-29-8-5-9-33(20-29)30-14-16-32(17-15-30)39-49-35(25-43-19-18-34(45)24-43)22-37(50-39)31-12-10-28(26-44)11-13-31/h2-17,20,34-37,39,44-45H,18-19,21-26H2,1H3,(H2,41,42,47)/t34-,35-,36-,37+,39+/m0/s1. The second-order valence-corrected chi connectivity index (χ2v) is 13.0. The molecule has 4 aromatic carbocycles. The lowest BCUT2D eigenvalue weighted by molar-refractivity contribution is -0.252. The quantitative estimate of drug-likeness (QED) is 0.153. The van der Waals surface area contributed by atoms with Crippen LogP contribution in [-0.2, 0) is 38.6 Å². The van der Waals surface area contributed by atoms with Crippen LogP contribution in [0.5, 0.6) is 0 Å². The number of hydrogen-bond donors (Lipinski definition) is 4. The molecule has 0 aromatic heterocycles. The van der Waals surface area contributed by atoms with Gasteiger partial charge in [-0.1, -0.05) is 97.1 Å². The summed E-state index contributed by atoms with van der Waals surface area (Å²) in [7, 11) is 1.31. The Morgan fingerprint density at radius 3 is 2.32 bits per heavy atom. The number of nitrogens with one attached hydrogen (secondary N) is 2. The fourth-order valence-corrected chi connectivity index (χ4v) is 6.57. The third-order valence-electron chi connectivity index (χ3n) is 9.29. The molecule has 0 unspecified atom stereocenters. The Hall–Kier alpha value is -4.58. The number of carbonyl (C=O) groups is 2. The second kappa shape index (κ2) is 16.9. The number of ether oxygens (including phenoxy) is 3. The summed E-state index contributed by atoms with van der Waals surface area (Å²) in [6.45, 7) is 2.48. The van der Waals surface area contributed by atoms with Crippen molar-refractivity contribution in [2.75, 3.05) is 26.7 Å². The fraction of sp³-hybridized carbons (Fsp3) is 0.350. The molecule has 2 fully saturated rings. The van der Waals surface area contributed by atoms with Crippen LogP contribution in [0.1, 0.15) is 53.1 Å². The number of likely N-dealkylation sites (tertiary alicyclic amines) is 1. The molecule has 2 heterocycles. The lowest BCUT2D eigenvalue weighted by Gasteiger charge is -2.37. The zero-order chi connectivity index (χ0) is 34.9. The maximum atomic E-state index is 12.8. The van der Waals surface area contributed by atoms with Crippen LogP contribution in [0.4, 0.5) is 4.79 Å². The summed E-state index contributed by atoms with van der Waals surface area (Å²) in [5, 5.41) is 25.2. The van der Waals surface area contributed by atoms with Crippen LogP contribution in [0.3, 0.4) is 0 Å². The van der Waals surface area contributed by atoms with Crippen LogP contribution in [0.2, 0.25) is 0 Å². The smallest absolute Gasteiger partial charge is 0.328 e. The average molecular weight is 680 g/mol. The largest absolute Gasteiger partial charge is 0.467 e. The number of nitrogens with zero attached hydrogens (tertiary/aromatic N) is 1. The summed E-state index contributed by atoms with van der Waals surface area (Å²) < 4.78 is 17.9. The summed E-state index contributed by atoms with van der Waals surface area (Å²) >= 11 is 0. The molecule has 50 heavy (non-hydrogen) atoms. The molecule has 0 spiro atoms. The van der Waals surface area contributed by atoms with E-state index < -0.39 is 24.3 Å². The van der Waals surface area contributed by atoms with Gasteiger partial charge in [0.25, 0.3) is 0 Å². The Labute approximate surface area is 293 Å². The molecule has 0 bridgehead atoms. The number of benzene rings is 4. The average Bonchev–Trinajstić information content (AvgIpc) is 3.57. The molecule has 2 amide bonds. The van der Waals surface area contributed by atoms with E-state index in [1.54, 1.807) is 0 Å². The number of hydrogen-bond acceptors (Lipinski definition) is 8. The molecule has 0 saturated carbocycles. The molecule has 262 valence electrons. The van der Waals surface area contributed by atoms with Gasteiger partial charge in [0.2, 0.25) is 0 Å². The van der Waals surface area contributed by atoms with Crippen LogP contribution in [0.15, 0.2) is 103 Å². The van der Waals surface area contributed by atoms with E-state index >= 15 is 0 Å². The number of amides is 2. The number of methoxy groups -OCH3 is 1. The Bertz CT molecular complexity index is 1700. The van der Waals surface area contributed by atoms with Crippen LogP contribution < -0.4 is 10.6 Å². The van der Waals surface area contributed by atoms with Gasteiger partial charge in [0, 0.05) is 44.6 Å². The third-order valence-corrected chi connectivity index (χ3v) is 9.29. The number of rotatable bonds is 12. The molecule has 10 heteroatoms. The van der Waals surface area contributed by atoms with Gasteiger partial charge in [-0.2, -0.15) is 0 Å². The molecular weight excluding hydrogens is 634 g/mol.